The molecule has 0 unspecified atom stereocenters. The first kappa shape index (κ1) is 27.0. The minimum atomic E-state index is -4.30. The fraction of sp³-hybridized carbons (Fsp3) is 0.667. The van der Waals surface area contributed by atoms with Crippen LogP contribution >= 0.6 is 24.0 Å². The maximum atomic E-state index is 12.1. The molecular weight excluding hydrogens is 508 g/mol. The first-order chi connectivity index (χ1) is 13.7. The van der Waals surface area contributed by atoms with E-state index in [0.29, 0.717) is 12.1 Å². The van der Waals surface area contributed by atoms with Gasteiger partial charge in [-0.3, -0.25) is 9.89 Å². The SMILES string of the molecule is CN=C(NCc1ccc(COCC(F)(F)F)cc1)NCC(C)(C)N1CCCCC1.I. The predicted octanol–water partition coefficient (Wildman–Crippen LogP) is 4.31. The predicted molar refractivity (Wildman–Crippen MR) is 125 cm³/mol. The summed E-state index contributed by atoms with van der Waals surface area (Å²) in [7, 11) is 1.74. The second-order valence-corrected chi connectivity index (χ2v) is 8.06. The molecule has 0 aliphatic carbocycles. The minimum absolute atomic E-state index is 0. The molecule has 1 fully saturated rings. The van der Waals surface area contributed by atoms with E-state index < -0.39 is 12.8 Å². The summed E-state index contributed by atoms with van der Waals surface area (Å²) in [6.45, 7) is 6.86. The van der Waals surface area contributed by atoms with Gasteiger partial charge in [-0.15, -0.1) is 24.0 Å². The molecule has 0 amide bonds. The molecule has 9 heteroatoms. The van der Waals surface area contributed by atoms with Gasteiger partial charge in [0.1, 0.15) is 6.61 Å². The van der Waals surface area contributed by atoms with E-state index in [0.717, 1.165) is 31.2 Å². The molecule has 1 heterocycles. The summed E-state index contributed by atoms with van der Waals surface area (Å²) in [6, 6.07) is 7.32. The van der Waals surface area contributed by atoms with E-state index in [4.69, 9.17) is 0 Å². The molecule has 1 aliphatic heterocycles. The van der Waals surface area contributed by atoms with Crippen LogP contribution in [0, 0.1) is 0 Å². The van der Waals surface area contributed by atoms with Crippen LogP contribution in [0.4, 0.5) is 13.2 Å². The number of halogens is 4. The maximum Gasteiger partial charge on any atom is 0.411 e. The van der Waals surface area contributed by atoms with Crippen LogP contribution in [0.5, 0.6) is 0 Å². The summed E-state index contributed by atoms with van der Waals surface area (Å²) in [5.41, 5.74) is 1.78. The number of nitrogens with one attached hydrogen (secondary N) is 2. The molecule has 30 heavy (non-hydrogen) atoms. The van der Waals surface area contributed by atoms with E-state index in [1.165, 1.54) is 19.3 Å². The van der Waals surface area contributed by atoms with Gasteiger partial charge in [0.15, 0.2) is 5.96 Å². The Kier molecular flexibility index (Phi) is 11.4. The lowest BCUT2D eigenvalue weighted by Gasteiger charge is -2.41. The quantitative estimate of drug-likeness (QED) is 0.292. The van der Waals surface area contributed by atoms with Crippen LogP contribution < -0.4 is 10.6 Å². The molecule has 0 radical (unpaired) electrons. The number of piperidine rings is 1. The van der Waals surface area contributed by atoms with Crippen LogP contribution in [0.15, 0.2) is 29.3 Å². The van der Waals surface area contributed by atoms with E-state index in [2.05, 4.69) is 39.1 Å². The van der Waals surface area contributed by atoms with Crippen molar-refractivity contribution >= 4 is 29.9 Å². The summed E-state index contributed by atoms with van der Waals surface area (Å²) < 4.78 is 41.0. The number of hydrogen-bond acceptors (Lipinski definition) is 3. The van der Waals surface area contributed by atoms with Crippen molar-refractivity contribution in [1.29, 1.82) is 0 Å². The van der Waals surface area contributed by atoms with Crippen molar-refractivity contribution in [3.63, 3.8) is 0 Å². The maximum absolute atomic E-state index is 12.1. The Morgan fingerprint density at radius 2 is 1.63 bits per heavy atom. The van der Waals surface area contributed by atoms with Crippen molar-refractivity contribution in [2.45, 2.75) is 58.0 Å². The smallest absolute Gasteiger partial charge is 0.367 e. The molecule has 0 atom stereocenters. The Balaban J connectivity index is 0.00000450. The van der Waals surface area contributed by atoms with Crippen LogP contribution in [0.1, 0.15) is 44.2 Å². The van der Waals surface area contributed by atoms with Crippen LogP contribution in [-0.4, -0.2) is 55.9 Å². The fourth-order valence-electron chi connectivity index (χ4n) is 3.36. The summed E-state index contributed by atoms with van der Waals surface area (Å²) in [5.74, 6) is 0.729. The van der Waals surface area contributed by atoms with Gasteiger partial charge in [-0.05, 0) is 50.9 Å². The Bertz CT molecular complexity index is 645. The Morgan fingerprint density at radius 3 is 2.20 bits per heavy atom. The normalized spacial score (nSPS) is 16.1. The third kappa shape index (κ3) is 9.82. The number of alkyl halides is 3. The van der Waals surface area contributed by atoms with E-state index in [-0.39, 0.29) is 36.1 Å². The molecule has 172 valence electrons. The zero-order chi connectivity index (χ0) is 21.3. The third-order valence-electron chi connectivity index (χ3n) is 5.14. The molecule has 5 nitrogen and oxygen atoms in total. The van der Waals surface area contributed by atoms with Crippen molar-refractivity contribution in [3.05, 3.63) is 35.4 Å². The molecule has 1 aromatic carbocycles. The summed E-state index contributed by atoms with van der Waals surface area (Å²) in [5, 5.41) is 6.69. The molecule has 0 spiro atoms. The number of rotatable bonds is 8. The van der Waals surface area contributed by atoms with Gasteiger partial charge < -0.3 is 15.4 Å². The van der Waals surface area contributed by atoms with Gasteiger partial charge in [0.05, 0.1) is 6.61 Å². The lowest BCUT2D eigenvalue weighted by molar-refractivity contribution is -0.176. The molecule has 1 saturated heterocycles. The van der Waals surface area contributed by atoms with Crippen molar-refractivity contribution in [2.75, 3.05) is 33.3 Å². The highest BCUT2D eigenvalue weighted by atomic mass is 127. The number of likely N-dealkylation sites (tertiary alicyclic amines) is 1. The van der Waals surface area contributed by atoms with Crippen LogP contribution in [0.3, 0.4) is 0 Å². The van der Waals surface area contributed by atoms with Gasteiger partial charge in [-0.1, -0.05) is 30.7 Å². The second kappa shape index (κ2) is 12.7. The zero-order valence-electron chi connectivity index (χ0n) is 18.0. The Labute approximate surface area is 194 Å². The number of ether oxygens (including phenoxy) is 1. The van der Waals surface area contributed by atoms with Gasteiger partial charge >= 0.3 is 6.18 Å². The number of hydrogen-bond donors (Lipinski definition) is 2. The van der Waals surface area contributed by atoms with Crippen LogP contribution in [0.2, 0.25) is 0 Å². The minimum Gasteiger partial charge on any atom is -0.367 e. The van der Waals surface area contributed by atoms with E-state index >= 15 is 0 Å². The summed E-state index contributed by atoms with van der Waals surface area (Å²) >= 11 is 0. The Hall–Kier alpha value is -1.07. The monoisotopic (exact) mass is 542 g/mol. The largest absolute Gasteiger partial charge is 0.411 e. The first-order valence-corrected chi connectivity index (χ1v) is 10.1. The number of benzene rings is 1. The van der Waals surface area contributed by atoms with Crippen molar-refractivity contribution < 1.29 is 17.9 Å². The molecule has 1 aliphatic rings. The van der Waals surface area contributed by atoms with Gasteiger partial charge in [0.25, 0.3) is 0 Å². The van der Waals surface area contributed by atoms with E-state index in [1.54, 1.807) is 19.2 Å². The topological polar surface area (TPSA) is 48.9 Å². The van der Waals surface area contributed by atoms with E-state index in [1.807, 2.05) is 12.1 Å². The number of nitrogens with zero attached hydrogens (tertiary/aromatic N) is 2. The molecule has 0 aromatic heterocycles. The molecule has 1 aromatic rings. The number of aliphatic imine (C=N–C) groups is 1. The van der Waals surface area contributed by atoms with Crippen molar-refractivity contribution in [3.8, 4) is 0 Å². The van der Waals surface area contributed by atoms with Crippen molar-refractivity contribution in [2.24, 2.45) is 4.99 Å². The molecule has 2 N–H and O–H groups in total. The lowest BCUT2D eigenvalue weighted by atomic mass is 9.98. The first-order valence-electron chi connectivity index (χ1n) is 10.1. The molecule has 2 rings (SSSR count). The highest BCUT2D eigenvalue weighted by Crippen LogP contribution is 2.20. The third-order valence-corrected chi connectivity index (χ3v) is 5.14. The van der Waals surface area contributed by atoms with Gasteiger partial charge in [0.2, 0.25) is 0 Å². The Morgan fingerprint density at radius 1 is 1.03 bits per heavy atom. The van der Waals surface area contributed by atoms with E-state index in [9.17, 15) is 13.2 Å². The second-order valence-electron chi connectivity index (χ2n) is 8.06. The highest BCUT2D eigenvalue weighted by Gasteiger charge is 2.28. The standard InChI is InChI=1S/C21H33F3N4O.HI/c1-20(2,28-11-5-4-6-12-28)15-27-19(25-3)26-13-17-7-9-18(10-8-17)14-29-16-21(22,23)24;/h7-10H,4-6,11-16H2,1-3H3,(H2,25,26,27);1H. The molecular formula is C21H34F3IN4O. The summed E-state index contributed by atoms with van der Waals surface area (Å²) in [4.78, 5) is 6.81. The zero-order valence-corrected chi connectivity index (χ0v) is 20.3. The fourth-order valence-corrected chi connectivity index (χ4v) is 3.36. The highest BCUT2D eigenvalue weighted by molar-refractivity contribution is 14.0. The lowest BCUT2D eigenvalue weighted by Crippen LogP contribution is -2.54. The summed E-state index contributed by atoms with van der Waals surface area (Å²) in [6.07, 6.45) is -0.465. The van der Waals surface area contributed by atoms with Crippen molar-refractivity contribution in [1.82, 2.24) is 15.5 Å². The average molecular weight is 542 g/mol. The molecule has 0 bridgehead atoms. The van der Waals surface area contributed by atoms with Crippen LogP contribution in [-0.2, 0) is 17.9 Å². The van der Waals surface area contributed by atoms with Gasteiger partial charge in [-0.2, -0.15) is 13.2 Å². The molecule has 0 saturated carbocycles. The average Bonchev–Trinajstić information content (AvgIpc) is 2.69. The van der Waals surface area contributed by atoms with Gasteiger partial charge in [0, 0.05) is 25.7 Å². The van der Waals surface area contributed by atoms with Gasteiger partial charge in [-0.25, -0.2) is 0 Å². The number of guanidine groups is 1. The van der Waals surface area contributed by atoms with Crippen LogP contribution in [0.25, 0.3) is 0 Å².